The van der Waals surface area contributed by atoms with Crippen LogP contribution in [-0.4, -0.2) is 39.3 Å². The highest BCUT2D eigenvalue weighted by molar-refractivity contribution is 5.80. The number of nitrogens with two attached hydrogens (primary N) is 1. The zero-order valence-corrected chi connectivity index (χ0v) is 17.2. The minimum absolute atomic E-state index is 0.0983. The smallest absolute Gasteiger partial charge is 0.263 e. The number of rotatable bonds is 3. The molecule has 2 aromatic heterocycles. The van der Waals surface area contributed by atoms with Crippen LogP contribution in [0.3, 0.4) is 0 Å². The van der Waals surface area contributed by atoms with Crippen molar-refractivity contribution in [3.63, 3.8) is 0 Å². The van der Waals surface area contributed by atoms with E-state index < -0.39 is 0 Å². The summed E-state index contributed by atoms with van der Waals surface area (Å²) in [6.07, 6.45) is 7.78. The molecular weight excluding hydrogens is 376 g/mol. The Labute approximate surface area is 175 Å². The van der Waals surface area contributed by atoms with Crippen molar-refractivity contribution in [1.29, 1.82) is 0 Å². The van der Waals surface area contributed by atoms with Crippen molar-refractivity contribution in [2.45, 2.75) is 56.4 Å². The molecule has 2 aliphatic carbocycles. The molecule has 3 heterocycles. The van der Waals surface area contributed by atoms with Gasteiger partial charge < -0.3 is 10.6 Å². The fourth-order valence-electron chi connectivity index (χ4n) is 5.93. The van der Waals surface area contributed by atoms with E-state index in [1.54, 1.807) is 0 Å². The van der Waals surface area contributed by atoms with Crippen molar-refractivity contribution in [2.24, 2.45) is 11.1 Å². The lowest BCUT2D eigenvalue weighted by Crippen LogP contribution is -2.47. The van der Waals surface area contributed by atoms with E-state index in [9.17, 15) is 4.79 Å². The summed E-state index contributed by atoms with van der Waals surface area (Å²) in [6, 6.07) is 10.7. The number of aromatic nitrogens is 4. The van der Waals surface area contributed by atoms with Crippen LogP contribution in [0, 0.1) is 5.41 Å². The predicted octanol–water partition coefficient (Wildman–Crippen LogP) is 2.82. The third-order valence-electron chi connectivity index (χ3n) is 8.00. The Bertz CT molecular complexity index is 1140. The number of nitrogens with zero attached hydrogens (tertiary/aromatic N) is 3. The molecule has 0 bridgehead atoms. The lowest BCUT2D eigenvalue weighted by atomic mass is 9.74. The molecule has 1 saturated heterocycles. The average Bonchev–Trinajstić information content (AvgIpc) is 3.35. The second-order valence-corrected chi connectivity index (χ2v) is 9.48. The van der Waals surface area contributed by atoms with Gasteiger partial charge in [0.05, 0.1) is 5.69 Å². The number of nitrogens with one attached hydrogen (secondary N) is 2. The van der Waals surface area contributed by atoms with Gasteiger partial charge in [0.1, 0.15) is 5.39 Å². The van der Waals surface area contributed by atoms with E-state index in [-0.39, 0.29) is 16.4 Å². The normalized spacial score (nSPS) is 24.6. The van der Waals surface area contributed by atoms with Crippen LogP contribution in [0.1, 0.15) is 56.2 Å². The minimum atomic E-state index is -0.137. The number of benzene rings is 1. The average molecular weight is 405 g/mol. The summed E-state index contributed by atoms with van der Waals surface area (Å²) < 4.78 is 0. The van der Waals surface area contributed by atoms with Crippen LogP contribution < -0.4 is 16.2 Å². The summed E-state index contributed by atoms with van der Waals surface area (Å²) in [5, 5.41) is 8.21. The number of H-pyrrole nitrogens is 2. The van der Waals surface area contributed by atoms with Crippen molar-refractivity contribution in [3.8, 4) is 0 Å². The maximum atomic E-state index is 13.1. The molecule has 3 aromatic rings. The number of piperidine rings is 1. The van der Waals surface area contributed by atoms with Gasteiger partial charge in [-0.3, -0.25) is 14.9 Å². The van der Waals surface area contributed by atoms with Crippen LogP contribution in [0.5, 0.6) is 0 Å². The molecule has 1 atom stereocenters. The molecule has 7 nitrogen and oxygen atoms in total. The van der Waals surface area contributed by atoms with Gasteiger partial charge in [0.25, 0.3) is 5.56 Å². The summed E-state index contributed by atoms with van der Waals surface area (Å²) >= 11 is 0. The van der Waals surface area contributed by atoms with Crippen molar-refractivity contribution >= 4 is 17.0 Å². The molecule has 1 spiro atoms. The number of anilines is 1. The van der Waals surface area contributed by atoms with E-state index >= 15 is 0 Å². The second-order valence-electron chi connectivity index (χ2n) is 9.48. The van der Waals surface area contributed by atoms with E-state index in [2.05, 4.69) is 32.2 Å². The number of fused-ring (bicyclic) bond motifs is 1. The Hall–Kier alpha value is -2.67. The fraction of sp³-hybridized carbons (Fsp3) is 0.522. The molecule has 6 rings (SSSR count). The first-order chi connectivity index (χ1) is 14.6. The zero-order valence-electron chi connectivity index (χ0n) is 17.2. The van der Waals surface area contributed by atoms with Gasteiger partial charge in [0.15, 0.2) is 5.65 Å². The molecule has 1 unspecified atom stereocenters. The Morgan fingerprint density at radius 3 is 2.50 bits per heavy atom. The van der Waals surface area contributed by atoms with Crippen LogP contribution in [-0.2, 0) is 5.41 Å². The summed E-state index contributed by atoms with van der Waals surface area (Å²) in [7, 11) is 0. The monoisotopic (exact) mass is 404 g/mol. The Balaban J connectivity index is 1.32. The molecule has 0 amide bonds. The minimum Gasteiger partial charge on any atom is -0.342 e. The van der Waals surface area contributed by atoms with E-state index in [0.717, 1.165) is 50.9 Å². The largest absolute Gasteiger partial charge is 0.342 e. The van der Waals surface area contributed by atoms with Gasteiger partial charge in [-0.25, -0.2) is 0 Å². The summed E-state index contributed by atoms with van der Waals surface area (Å²) in [5.74, 6) is 0.636. The Kier molecular flexibility index (Phi) is 3.87. The third-order valence-corrected chi connectivity index (χ3v) is 8.00. The van der Waals surface area contributed by atoms with E-state index in [1.165, 1.54) is 18.4 Å². The van der Waals surface area contributed by atoms with Gasteiger partial charge in [0, 0.05) is 24.5 Å². The fourth-order valence-corrected chi connectivity index (χ4v) is 5.93. The molecule has 3 aliphatic rings. The van der Waals surface area contributed by atoms with E-state index in [4.69, 9.17) is 10.7 Å². The molecule has 30 heavy (non-hydrogen) atoms. The van der Waals surface area contributed by atoms with Crippen LogP contribution in [0.25, 0.3) is 11.0 Å². The molecule has 1 aromatic carbocycles. The molecule has 4 N–H and O–H groups in total. The predicted molar refractivity (Wildman–Crippen MR) is 117 cm³/mol. The topological polar surface area (TPSA) is 104 Å². The molecule has 156 valence electrons. The van der Waals surface area contributed by atoms with Gasteiger partial charge >= 0.3 is 0 Å². The molecule has 2 saturated carbocycles. The van der Waals surface area contributed by atoms with Crippen LogP contribution in [0.2, 0.25) is 0 Å². The summed E-state index contributed by atoms with van der Waals surface area (Å²) in [4.78, 5) is 23.1. The lowest BCUT2D eigenvalue weighted by Gasteiger charge is -2.42. The molecular formula is C23H28N6O. The highest BCUT2D eigenvalue weighted by atomic mass is 16.1. The van der Waals surface area contributed by atoms with E-state index in [0.29, 0.717) is 23.0 Å². The maximum Gasteiger partial charge on any atom is 0.263 e. The first-order valence-electron chi connectivity index (χ1n) is 11.2. The Morgan fingerprint density at radius 2 is 1.83 bits per heavy atom. The van der Waals surface area contributed by atoms with Gasteiger partial charge in [-0.05, 0) is 49.5 Å². The summed E-state index contributed by atoms with van der Waals surface area (Å²) in [6.45, 7) is 1.76. The standard InChI is InChI=1S/C23H28N6O/c24-16-7-4-8-22(16)11-13-29(14-12-22)21-25-19-17(20(30)26-21)18(27-28-19)23(9-10-23)15-5-2-1-3-6-15/h1-3,5-6,16H,4,7-14,24H2,(H2,25,26,27,28,30). The molecule has 0 radical (unpaired) electrons. The van der Waals surface area contributed by atoms with Crippen molar-refractivity contribution in [2.75, 3.05) is 18.0 Å². The van der Waals surface area contributed by atoms with Crippen molar-refractivity contribution < 1.29 is 0 Å². The lowest BCUT2D eigenvalue weighted by molar-refractivity contribution is 0.197. The number of aromatic amines is 2. The molecule has 3 fully saturated rings. The quantitative estimate of drug-likeness (QED) is 0.623. The first kappa shape index (κ1) is 18.1. The number of hydrogen-bond acceptors (Lipinski definition) is 5. The van der Waals surface area contributed by atoms with Crippen LogP contribution >= 0.6 is 0 Å². The second kappa shape index (κ2) is 6.41. The SMILES string of the molecule is NC1CCCC12CCN(c1nc3n[nH]c(C4(c5ccccc5)CC4)c3c(=O)[nH]1)CC2. The maximum absolute atomic E-state index is 13.1. The number of hydrogen-bond donors (Lipinski definition) is 3. The zero-order chi connectivity index (χ0) is 20.3. The van der Waals surface area contributed by atoms with Gasteiger partial charge in [-0.2, -0.15) is 10.1 Å². The van der Waals surface area contributed by atoms with Crippen LogP contribution in [0.4, 0.5) is 5.95 Å². The van der Waals surface area contributed by atoms with Gasteiger partial charge in [-0.15, -0.1) is 0 Å². The van der Waals surface area contributed by atoms with E-state index in [1.807, 2.05) is 18.2 Å². The first-order valence-corrected chi connectivity index (χ1v) is 11.2. The van der Waals surface area contributed by atoms with Crippen LogP contribution in [0.15, 0.2) is 35.1 Å². The third kappa shape index (κ3) is 2.57. The van der Waals surface area contributed by atoms with Crippen molar-refractivity contribution in [3.05, 3.63) is 51.9 Å². The molecule has 7 heteroatoms. The summed E-state index contributed by atoms with van der Waals surface area (Å²) in [5.41, 5.74) is 9.12. The Morgan fingerprint density at radius 1 is 1.07 bits per heavy atom. The molecule has 1 aliphatic heterocycles. The van der Waals surface area contributed by atoms with Gasteiger partial charge in [0.2, 0.25) is 5.95 Å². The van der Waals surface area contributed by atoms with Crippen molar-refractivity contribution in [1.82, 2.24) is 20.2 Å². The highest BCUT2D eigenvalue weighted by Gasteiger charge is 2.49. The highest BCUT2D eigenvalue weighted by Crippen LogP contribution is 2.54. The van der Waals surface area contributed by atoms with Gasteiger partial charge in [-0.1, -0.05) is 36.8 Å².